The molecular formula is C13H18N4O. The second-order valence-corrected chi connectivity index (χ2v) is 4.72. The van der Waals surface area contributed by atoms with E-state index < -0.39 is 0 Å². The standard InChI is InChI=1S/C13H18N4O/c1-18-13-7-4-6-12-15-11(16-17(12)13)9-10-5-2-3-8-14-10/h4,6-7,10,14H,2-3,5,8-9H2,1H3. The predicted molar refractivity (Wildman–Crippen MR) is 68.9 cm³/mol. The van der Waals surface area contributed by atoms with Crippen LogP contribution in [0.5, 0.6) is 5.88 Å². The van der Waals surface area contributed by atoms with E-state index in [4.69, 9.17) is 4.74 Å². The lowest BCUT2D eigenvalue weighted by molar-refractivity contribution is 0.381. The molecule has 5 heteroatoms. The van der Waals surface area contributed by atoms with E-state index in [1.54, 1.807) is 11.6 Å². The Kier molecular flexibility index (Phi) is 3.15. The summed E-state index contributed by atoms with van der Waals surface area (Å²) < 4.78 is 7.04. The molecule has 0 saturated carbocycles. The average Bonchev–Trinajstić information content (AvgIpc) is 2.82. The lowest BCUT2D eigenvalue weighted by atomic mass is 10.0. The maximum Gasteiger partial charge on any atom is 0.216 e. The van der Waals surface area contributed by atoms with Gasteiger partial charge >= 0.3 is 0 Å². The first kappa shape index (κ1) is 11.5. The summed E-state index contributed by atoms with van der Waals surface area (Å²) >= 11 is 0. The Morgan fingerprint density at radius 3 is 3.17 bits per heavy atom. The molecule has 3 heterocycles. The molecule has 0 spiro atoms. The van der Waals surface area contributed by atoms with Gasteiger partial charge in [0, 0.05) is 18.5 Å². The molecular weight excluding hydrogens is 228 g/mol. The van der Waals surface area contributed by atoms with Crippen molar-refractivity contribution in [3.05, 3.63) is 24.0 Å². The normalized spacial score (nSPS) is 20.2. The number of piperidine rings is 1. The maximum absolute atomic E-state index is 5.28. The number of nitrogens with one attached hydrogen (secondary N) is 1. The highest BCUT2D eigenvalue weighted by atomic mass is 16.5. The van der Waals surface area contributed by atoms with Crippen molar-refractivity contribution in [1.82, 2.24) is 19.9 Å². The minimum Gasteiger partial charge on any atom is -0.481 e. The van der Waals surface area contributed by atoms with Gasteiger partial charge in [0.05, 0.1) is 7.11 Å². The third-order valence-electron chi connectivity index (χ3n) is 3.42. The van der Waals surface area contributed by atoms with Crippen molar-refractivity contribution in [2.45, 2.75) is 31.7 Å². The van der Waals surface area contributed by atoms with E-state index in [1.165, 1.54) is 19.3 Å². The molecule has 1 aliphatic rings. The van der Waals surface area contributed by atoms with Crippen molar-refractivity contribution in [1.29, 1.82) is 0 Å². The van der Waals surface area contributed by atoms with Gasteiger partial charge in [-0.05, 0) is 25.5 Å². The first-order chi connectivity index (χ1) is 8.86. The van der Waals surface area contributed by atoms with Gasteiger partial charge in [-0.2, -0.15) is 4.52 Å². The molecule has 0 bridgehead atoms. The molecule has 0 amide bonds. The van der Waals surface area contributed by atoms with Crippen molar-refractivity contribution in [3.8, 4) is 5.88 Å². The van der Waals surface area contributed by atoms with E-state index in [1.807, 2.05) is 18.2 Å². The lowest BCUT2D eigenvalue weighted by Crippen LogP contribution is -2.35. The van der Waals surface area contributed by atoms with E-state index in [0.29, 0.717) is 6.04 Å². The van der Waals surface area contributed by atoms with Gasteiger partial charge < -0.3 is 10.1 Å². The van der Waals surface area contributed by atoms with E-state index in [2.05, 4.69) is 15.4 Å². The second-order valence-electron chi connectivity index (χ2n) is 4.72. The van der Waals surface area contributed by atoms with Crippen LogP contribution in [-0.4, -0.2) is 34.3 Å². The molecule has 0 aliphatic carbocycles. The molecule has 1 aliphatic heterocycles. The van der Waals surface area contributed by atoms with Gasteiger partial charge in [-0.25, -0.2) is 4.98 Å². The summed E-state index contributed by atoms with van der Waals surface area (Å²) in [6, 6.07) is 6.30. The summed E-state index contributed by atoms with van der Waals surface area (Å²) in [5.74, 6) is 1.61. The van der Waals surface area contributed by atoms with Gasteiger partial charge in [-0.1, -0.05) is 12.5 Å². The van der Waals surface area contributed by atoms with Crippen LogP contribution in [0, 0.1) is 0 Å². The third kappa shape index (κ3) is 2.18. The number of fused-ring (bicyclic) bond motifs is 1. The highest BCUT2D eigenvalue weighted by molar-refractivity contribution is 5.40. The molecule has 96 valence electrons. The van der Waals surface area contributed by atoms with Gasteiger partial charge in [0.15, 0.2) is 11.5 Å². The zero-order valence-corrected chi connectivity index (χ0v) is 10.6. The Balaban J connectivity index is 1.84. The largest absolute Gasteiger partial charge is 0.481 e. The summed E-state index contributed by atoms with van der Waals surface area (Å²) in [6.45, 7) is 1.11. The van der Waals surface area contributed by atoms with Gasteiger partial charge in [0.25, 0.3) is 0 Å². The zero-order chi connectivity index (χ0) is 12.4. The number of ether oxygens (including phenoxy) is 1. The van der Waals surface area contributed by atoms with Crippen LogP contribution < -0.4 is 10.1 Å². The molecule has 3 rings (SSSR count). The Hall–Kier alpha value is -1.62. The maximum atomic E-state index is 5.28. The molecule has 1 N–H and O–H groups in total. The molecule has 1 fully saturated rings. The van der Waals surface area contributed by atoms with Crippen LogP contribution in [0.2, 0.25) is 0 Å². The van der Waals surface area contributed by atoms with Gasteiger partial charge in [-0.3, -0.25) is 0 Å². The van der Waals surface area contributed by atoms with E-state index >= 15 is 0 Å². The predicted octanol–water partition coefficient (Wildman–Crippen LogP) is 1.42. The van der Waals surface area contributed by atoms with Crippen LogP contribution >= 0.6 is 0 Å². The molecule has 1 atom stereocenters. The number of methoxy groups -OCH3 is 1. The van der Waals surface area contributed by atoms with Crippen molar-refractivity contribution >= 4 is 5.65 Å². The van der Waals surface area contributed by atoms with Crippen molar-refractivity contribution in [2.75, 3.05) is 13.7 Å². The molecule has 0 aromatic carbocycles. The fourth-order valence-electron chi connectivity index (χ4n) is 2.49. The lowest BCUT2D eigenvalue weighted by Gasteiger charge is -2.21. The molecule has 0 radical (unpaired) electrons. The Morgan fingerprint density at radius 2 is 2.39 bits per heavy atom. The highest BCUT2D eigenvalue weighted by Crippen LogP contribution is 2.15. The first-order valence-corrected chi connectivity index (χ1v) is 6.49. The molecule has 18 heavy (non-hydrogen) atoms. The zero-order valence-electron chi connectivity index (χ0n) is 10.6. The van der Waals surface area contributed by atoms with E-state index in [-0.39, 0.29) is 0 Å². The quantitative estimate of drug-likeness (QED) is 0.890. The van der Waals surface area contributed by atoms with Crippen LogP contribution in [0.25, 0.3) is 5.65 Å². The summed E-state index contributed by atoms with van der Waals surface area (Å²) in [7, 11) is 1.65. The van der Waals surface area contributed by atoms with E-state index in [9.17, 15) is 0 Å². The minimum absolute atomic E-state index is 0.516. The number of pyridine rings is 1. The third-order valence-corrected chi connectivity index (χ3v) is 3.42. The number of aromatic nitrogens is 3. The fourth-order valence-corrected chi connectivity index (χ4v) is 2.49. The number of hydrogen-bond donors (Lipinski definition) is 1. The minimum atomic E-state index is 0.516. The van der Waals surface area contributed by atoms with Gasteiger partial charge in [0.2, 0.25) is 5.88 Å². The first-order valence-electron chi connectivity index (χ1n) is 6.49. The van der Waals surface area contributed by atoms with Crippen LogP contribution in [0.4, 0.5) is 0 Å². The van der Waals surface area contributed by atoms with E-state index in [0.717, 1.165) is 30.3 Å². The van der Waals surface area contributed by atoms with Crippen LogP contribution in [0.3, 0.4) is 0 Å². The van der Waals surface area contributed by atoms with Crippen LogP contribution in [0.1, 0.15) is 25.1 Å². The van der Waals surface area contributed by atoms with Gasteiger partial charge in [-0.15, -0.1) is 5.10 Å². The topological polar surface area (TPSA) is 51.5 Å². The molecule has 1 unspecified atom stereocenters. The summed E-state index contributed by atoms with van der Waals surface area (Å²) in [6.07, 6.45) is 4.69. The molecule has 2 aromatic heterocycles. The SMILES string of the molecule is COc1cccc2nc(CC3CCCCN3)nn12. The summed E-state index contributed by atoms with van der Waals surface area (Å²) in [5.41, 5.74) is 0.847. The molecule has 2 aromatic rings. The van der Waals surface area contributed by atoms with Crippen LogP contribution in [0.15, 0.2) is 18.2 Å². The van der Waals surface area contributed by atoms with Crippen molar-refractivity contribution in [2.24, 2.45) is 0 Å². The Morgan fingerprint density at radius 1 is 1.44 bits per heavy atom. The fraction of sp³-hybridized carbons (Fsp3) is 0.538. The smallest absolute Gasteiger partial charge is 0.216 e. The number of nitrogens with zero attached hydrogens (tertiary/aromatic N) is 3. The van der Waals surface area contributed by atoms with Crippen molar-refractivity contribution in [3.63, 3.8) is 0 Å². The Labute approximate surface area is 106 Å². The second kappa shape index (κ2) is 4.94. The number of rotatable bonds is 3. The summed E-state index contributed by atoms with van der Waals surface area (Å²) in [5, 5.41) is 8.04. The molecule has 5 nitrogen and oxygen atoms in total. The average molecular weight is 246 g/mol. The monoisotopic (exact) mass is 246 g/mol. The Bertz CT molecular complexity index is 531. The van der Waals surface area contributed by atoms with Crippen molar-refractivity contribution < 1.29 is 4.74 Å². The molecule has 1 saturated heterocycles. The summed E-state index contributed by atoms with van der Waals surface area (Å²) in [4.78, 5) is 4.55. The number of hydrogen-bond acceptors (Lipinski definition) is 4. The van der Waals surface area contributed by atoms with Gasteiger partial charge in [0.1, 0.15) is 0 Å². The highest BCUT2D eigenvalue weighted by Gasteiger charge is 2.16. The van der Waals surface area contributed by atoms with Crippen LogP contribution in [-0.2, 0) is 6.42 Å².